The summed E-state index contributed by atoms with van der Waals surface area (Å²) in [7, 11) is 0. The first-order chi connectivity index (χ1) is 10.9. The van der Waals surface area contributed by atoms with Crippen LogP contribution in [0.2, 0.25) is 0 Å². The number of benzene rings is 2. The molecule has 3 heterocycles. The molecule has 0 radical (unpaired) electrons. The van der Waals surface area contributed by atoms with Gasteiger partial charge in [-0.05, 0) is 36.4 Å². The molecule has 4 aromatic rings. The van der Waals surface area contributed by atoms with Crippen LogP contribution in [0, 0.1) is 0 Å². The maximum Gasteiger partial charge on any atom is 0.235 e. The highest BCUT2D eigenvalue weighted by Gasteiger charge is 2.15. The van der Waals surface area contributed by atoms with E-state index in [2.05, 4.69) is 9.97 Å². The van der Waals surface area contributed by atoms with Gasteiger partial charge in [-0.2, -0.15) is 0 Å². The second-order valence-corrected chi connectivity index (χ2v) is 5.15. The Bertz CT molecular complexity index is 1020. The molecule has 0 N–H and O–H groups in total. The number of para-hydroxylation sites is 2. The van der Waals surface area contributed by atoms with Gasteiger partial charge in [-0.25, -0.2) is 9.97 Å². The van der Waals surface area contributed by atoms with Gasteiger partial charge in [0.2, 0.25) is 12.6 Å². The number of hydrogen-bond donors (Lipinski definition) is 0. The SMILES string of the molecule is c1ccc2c(c1)nc1nc(-c3ccc4c(c3)OCO4)ccn12. The van der Waals surface area contributed by atoms with Crippen LogP contribution in [-0.4, -0.2) is 21.2 Å². The highest BCUT2D eigenvalue weighted by Crippen LogP contribution is 2.35. The van der Waals surface area contributed by atoms with E-state index >= 15 is 0 Å². The van der Waals surface area contributed by atoms with Crippen LogP contribution in [0.5, 0.6) is 11.5 Å². The van der Waals surface area contributed by atoms with Gasteiger partial charge in [-0.3, -0.25) is 4.40 Å². The number of fused-ring (bicyclic) bond motifs is 4. The average Bonchev–Trinajstić information content (AvgIpc) is 3.17. The van der Waals surface area contributed by atoms with Gasteiger partial charge in [-0.15, -0.1) is 0 Å². The molecule has 106 valence electrons. The monoisotopic (exact) mass is 289 g/mol. The summed E-state index contributed by atoms with van der Waals surface area (Å²) in [6.45, 7) is 0.275. The molecule has 0 unspecified atom stereocenters. The largest absolute Gasteiger partial charge is 0.454 e. The zero-order valence-electron chi connectivity index (χ0n) is 11.6. The summed E-state index contributed by atoms with van der Waals surface area (Å²) >= 11 is 0. The van der Waals surface area contributed by atoms with Gasteiger partial charge in [-0.1, -0.05) is 12.1 Å². The third-order valence-corrected chi connectivity index (χ3v) is 3.85. The van der Waals surface area contributed by atoms with Gasteiger partial charge in [0.25, 0.3) is 0 Å². The molecule has 22 heavy (non-hydrogen) atoms. The van der Waals surface area contributed by atoms with E-state index in [-0.39, 0.29) is 6.79 Å². The molecule has 0 amide bonds. The second kappa shape index (κ2) is 4.21. The van der Waals surface area contributed by atoms with Crippen LogP contribution in [0.25, 0.3) is 28.1 Å². The lowest BCUT2D eigenvalue weighted by molar-refractivity contribution is 0.174. The second-order valence-electron chi connectivity index (χ2n) is 5.15. The van der Waals surface area contributed by atoms with Gasteiger partial charge in [0.05, 0.1) is 16.7 Å². The quantitative estimate of drug-likeness (QED) is 0.539. The normalized spacial score (nSPS) is 13.1. The Kier molecular flexibility index (Phi) is 2.21. The summed E-state index contributed by atoms with van der Waals surface area (Å²) in [5.74, 6) is 2.22. The molecular weight excluding hydrogens is 278 g/mol. The summed E-state index contributed by atoms with van der Waals surface area (Å²) in [6.07, 6.45) is 2.00. The molecule has 0 saturated heterocycles. The number of nitrogens with zero attached hydrogens (tertiary/aromatic N) is 3. The third-order valence-electron chi connectivity index (χ3n) is 3.85. The molecule has 0 spiro atoms. The maximum absolute atomic E-state index is 5.43. The minimum absolute atomic E-state index is 0.275. The van der Waals surface area contributed by atoms with Crippen molar-refractivity contribution in [1.29, 1.82) is 0 Å². The minimum atomic E-state index is 0.275. The van der Waals surface area contributed by atoms with Crippen molar-refractivity contribution in [3.63, 3.8) is 0 Å². The lowest BCUT2D eigenvalue weighted by Crippen LogP contribution is -1.93. The number of aromatic nitrogens is 3. The van der Waals surface area contributed by atoms with Gasteiger partial charge in [0.1, 0.15) is 0 Å². The van der Waals surface area contributed by atoms with Crippen molar-refractivity contribution >= 4 is 16.8 Å². The van der Waals surface area contributed by atoms with Gasteiger partial charge >= 0.3 is 0 Å². The Morgan fingerprint density at radius 3 is 2.82 bits per heavy atom. The number of rotatable bonds is 1. The molecule has 0 aliphatic carbocycles. The van der Waals surface area contributed by atoms with Crippen LogP contribution in [0.1, 0.15) is 0 Å². The number of ether oxygens (including phenoxy) is 2. The zero-order valence-corrected chi connectivity index (χ0v) is 11.6. The molecule has 5 rings (SSSR count). The maximum atomic E-state index is 5.43. The molecule has 2 aromatic carbocycles. The van der Waals surface area contributed by atoms with Crippen molar-refractivity contribution in [1.82, 2.24) is 14.4 Å². The predicted octanol–water partition coefficient (Wildman–Crippen LogP) is 3.28. The van der Waals surface area contributed by atoms with Gasteiger partial charge in [0.15, 0.2) is 11.5 Å². The first-order valence-corrected chi connectivity index (χ1v) is 7.02. The molecule has 0 bridgehead atoms. The van der Waals surface area contributed by atoms with E-state index in [0.29, 0.717) is 5.78 Å². The molecule has 5 heteroatoms. The zero-order chi connectivity index (χ0) is 14.5. The number of imidazole rings is 1. The van der Waals surface area contributed by atoms with Crippen LogP contribution < -0.4 is 9.47 Å². The molecule has 0 saturated carbocycles. The minimum Gasteiger partial charge on any atom is -0.454 e. The highest BCUT2D eigenvalue weighted by atomic mass is 16.7. The first-order valence-electron chi connectivity index (χ1n) is 7.02. The predicted molar refractivity (Wildman–Crippen MR) is 82.1 cm³/mol. The van der Waals surface area contributed by atoms with Crippen LogP contribution >= 0.6 is 0 Å². The smallest absolute Gasteiger partial charge is 0.235 e. The van der Waals surface area contributed by atoms with E-state index in [1.165, 1.54) is 0 Å². The number of hydrogen-bond acceptors (Lipinski definition) is 4. The Morgan fingerprint density at radius 2 is 1.82 bits per heavy atom. The lowest BCUT2D eigenvalue weighted by atomic mass is 10.1. The summed E-state index contributed by atoms with van der Waals surface area (Å²) in [5.41, 5.74) is 3.85. The fraction of sp³-hybridized carbons (Fsp3) is 0.0588. The van der Waals surface area contributed by atoms with Crippen molar-refractivity contribution in [3.05, 3.63) is 54.7 Å². The van der Waals surface area contributed by atoms with Crippen LogP contribution in [0.3, 0.4) is 0 Å². The fourth-order valence-corrected chi connectivity index (χ4v) is 2.76. The van der Waals surface area contributed by atoms with E-state index < -0.39 is 0 Å². The van der Waals surface area contributed by atoms with Crippen molar-refractivity contribution in [3.8, 4) is 22.8 Å². The molecule has 1 aliphatic rings. The molecule has 2 aromatic heterocycles. The van der Waals surface area contributed by atoms with Crippen LogP contribution in [-0.2, 0) is 0 Å². The Morgan fingerprint density at radius 1 is 0.909 bits per heavy atom. The van der Waals surface area contributed by atoms with E-state index in [1.807, 2.05) is 59.1 Å². The molecule has 0 fully saturated rings. The van der Waals surface area contributed by atoms with E-state index in [1.54, 1.807) is 0 Å². The van der Waals surface area contributed by atoms with Crippen molar-refractivity contribution in [2.45, 2.75) is 0 Å². The molecular formula is C17H11N3O2. The van der Waals surface area contributed by atoms with E-state index in [9.17, 15) is 0 Å². The van der Waals surface area contributed by atoms with Gasteiger partial charge < -0.3 is 9.47 Å². The van der Waals surface area contributed by atoms with E-state index in [4.69, 9.17) is 9.47 Å². The third kappa shape index (κ3) is 1.59. The fourth-order valence-electron chi connectivity index (χ4n) is 2.76. The summed E-state index contributed by atoms with van der Waals surface area (Å²) in [5, 5.41) is 0. The van der Waals surface area contributed by atoms with Crippen molar-refractivity contribution in [2.75, 3.05) is 6.79 Å². The van der Waals surface area contributed by atoms with Gasteiger partial charge in [0, 0.05) is 11.8 Å². The summed E-state index contributed by atoms with van der Waals surface area (Å²) < 4.78 is 12.8. The first kappa shape index (κ1) is 11.6. The van der Waals surface area contributed by atoms with Crippen LogP contribution in [0.15, 0.2) is 54.7 Å². The van der Waals surface area contributed by atoms with Crippen molar-refractivity contribution in [2.24, 2.45) is 0 Å². The van der Waals surface area contributed by atoms with Crippen LogP contribution in [0.4, 0.5) is 0 Å². The summed E-state index contributed by atoms with van der Waals surface area (Å²) in [4.78, 5) is 9.23. The Labute approximate surface area is 125 Å². The van der Waals surface area contributed by atoms with E-state index in [0.717, 1.165) is 33.8 Å². The molecule has 0 atom stereocenters. The van der Waals surface area contributed by atoms with Crippen molar-refractivity contribution < 1.29 is 9.47 Å². The molecule has 5 nitrogen and oxygen atoms in total. The molecule has 1 aliphatic heterocycles. The topological polar surface area (TPSA) is 48.7 Å². The highest BCUT2D eigenvalue weighted by molar-refractivity contribution is 5.80. The summed E-state index contributed by atoms with van der Waals surface area (Å²) in [6, 6.07) is 15.8. The standard InChI is InChI=1S/C17H11N3O2/c1-2-4-14-13(3-1)19-17-18-12(7-8-20(14)17)11-5-6-15-16(9-11)22-10-21-15/h1-9H,10H2. The Hall–Kier alpha value is -3.08. The lowest BCUT2D eigenvalue weighted by Gasteiger charge is -2.03. The Balaban J connectivity index is 1.70. The average molecular weight is 289 g/mol.